The molecule has 1 heterocycles. The summed E-state index contributed by atoms with van der Waals surface area (Å²) in [5.41, 5.74) is 0.945. The molecule has 5 heteroatoms. The van der Waals surface area contributed by atoms with Crippen LogP contribution in [0.4, 0.5) is 8.78 Å². The molecule has 1 aromatic rings. The zero-order valence-corrected chi connectivity index (χ0v) is 13.9. The first-order chi connectivity index (χ1) is 11.0. The predicted molar refractivity (Wildman–Crippen MR) is 87.3 cm³/mol. The number of carbonyl (C=O) groups excluding carboxylic acids is 1. The van der Waals surface area contributed by atoms with Crippen LogP contribution in [-0.4, -0.2) is 47.3 Å². The van der Waals surface area contributed by atoms with Gasteiger partial charge in [-0.2, -0.15) is 0 Å². The fraction of sp³-hybridized carbons (Fsp3) is 0.611. The van der Waals surface area contributed by atoms with Crippen molar-refractivity contribution in [3.8, 4) is 0 Å². The third-order valence-corrected chi connectivity index (χ3v) is 4.49. The number of rotatable bonds is 6. The maximum absolute atomic E-state index is 12.9. The van der Waals surface area contributed by atoms with Crippen LogP contribution in [0.25, 0.3) is 0 Å². The van der Waals surface area contributed by atoms with Crippen molar-refractivity contribution in [2.45, 2.75) is 58.2 Å². The number of amides is 1. The van der Waals surface area contributed by atoms with E-state index < -0.39 is 6.43 Å². The lowest BCUT2D eigenvalue weighted by molar-refractivity contribution is -0.139. The second-order valence-electron chi connectivity index (χ2n) is 6.48. The first kappa shape index (κ1) is 17.9. The largest absolute Gasteiger partial charge is 0.336 e. The maximum atomic E-state index is 12.9. The van der Waals surface area contributed by atoms with Gasteiger partial charge in [-0.1, -0.05) is 30.3 Å². The summed E-state index contributed by atoms with van der Waals surface area (Å²) in [6.45, 7) is 4.13. The van der Waals surface area contributed by atoms with Gasteiger partial charge in [0.05, 0.1) is 13.1 Å². The minimum absolute atomic E-state index is 0.0405. The average molecular weight is 324 g/mol. The molecular formula is C18H26F2N2O. The zero-order valence-electron chi connectivity index (χ0n) is 13.9. The summed E-state index contributed by atoms with van der Waals surface area (Å²) in [6.07, 6.45) is 0.659. The van der Waals surface area contributed by atoms with Gasteiger partial charge in [0.15, 0.2) is 0 Å². The van der Waals surface area contributed by atoms with Crippen LogP contribution >= 0.6 is 0 Å². The maximum Gasteiger partial charge on any atom is 0.251 e. The van der Waals surface area contributed by atoms with E-state index in [0.29, 0.717) is 6.54 Å². The van der Waals surface area contributed by atoms with Crippen LogP contribution in [0.5, 0.6) is 0 Å². The van der Waals surface area contributed by atoms with Gasteiger partial charge in [0.1, 0.15) is 0 Å². The van der Waals surface area contributed by atoms with E-state index in [0.717, 1.165) is 24.8 Å². The Morgan fingerprint density at radius 3 is 2.39 bits per heavy atom. The zero-order chi connectivity index (χ0) is 16.8. The Morgan fingerprint density at radius 1 is 1.22 bits per heavy atom. The van der Waals surface area contributed by atoms with E-state index in [9.17, 15) is 13.6 Å². The van der Waals surface area contributed by atoms with E-state index in [1.54, 1.807) is 4.90 Å². The summed E-state index contributed by atoms with van der Waals surface area (Å²) in [6, 6.07) is 9.83. The molecule has 1 saturated heterocycles. The Kier molecular flexibility index (Phi) is 6.51. The number of piperidine rings is 1. The molecule has 0 aromatic heterocycles. The first-order valence-corrected chi connectivity index (χ1v) is 8.33. The molecule has 0 spiro atoms. The summed E-state index contributed by atoms with van der Waals surface area (Å²) in [5, 5.41) is 0. The van der Waals surface area contributed by atoms with Crippen LogP contribution in [-0.2, 0) is 11.3 Å². The molecule has 1 aliphatic heterocycles. The monoisotopic (exact) mass is 324 g/mol. The number of alkyl halides is 2. The van der Waals surface area contributed by atoms with Gasteiger partial charge in [-0.3, -0.25) is 9.69 Å². The Morgan fingerprint density at radius 2 is 1.83 bits per heavy atom. The van der Waals surface area contributed by atoms with E-state index >= 15 is 0 Å². The molecule has 0 bridgehead atoms. The molecule has 0 aliphatic carbocycles. The number of likely N-dealkylation sites (tertiary alicyclic amines) is 1. The number of nitrogens with zero attached hydrogens (tertiary/aromatic N) is 2. The third kappa shape index (κ3) is 5.27. The molecule has 0 unspecified atom stereocenters. The van der Waals surface area contributed by atoms with E-state index in [1.807, 2.05) is 49.1 Å². The Balaban J connectivity index is 2.02. The van der Waals surface area contributed by atoms with Crippen LogP contribution in [0.15, 0.2) is 30.3 Å². The van der Waals surface area contributed by atoms with Crippen molar-refractivity contribution in [2.75, 3.05) is 13.1 Å². The summed E-state index contributed by atoms with van der Waals surface area (Å²) in [4.78, 5) is 16.1. The van der Waals surface area contributed by atoms with Gasteiger partial charge in [-0.05, 0) is 38.7 Å². The minimum Gasteiger partial charge on any atom is -0.336 e. The lowest BCUT2D eigenvalue weighted by atomic mass is 9.97. The molecule has 3 nitrogen and oxygen atoms in total. The number of halogens is 2. The fourth-order valence-electron chi connectivity index (χ4n) is 3.41. The van der Waals surface area contributed by atoms with Crippen LogP contribution in [0, 0.1) is 0 Å². The van der Waals surface area contributed by atoms with Crippen LogP contribution in [0.1, 0.15) is 38.7 Å². The highest BCUT2D eigenvalue weighted by Gasteiger charge is 2.30. The smallest absolute Gasteiger partial charge is 0.251 e. The highest BCUT2D eigenvalue weighted by Crippen LogP contribution is 2.23. The average Bonchev–Trinajstić information content (AvgIpc) is 2.47. The third-order valence-electron chi connectivity index (χ3n) is 4.49. The molecule has 2 rings (SSSR count). The van der Waals surface area contributed by atoms with Crippen molar-refractivity contribution in [2.24, 2.45) is 0 Å². The minimum atomic E-state index is -2.44. The Bertz CT molecular complexity index is 485. The van der Waals surface area contributed by atoms with Crippen molar-refractivity contribution >= 4 is 5.91 Å². The highest BCUT2D eigenvalue weighted by atomic mass is 19.3. The number of hydrogen-bond acceptors (Lipinski definition) is 2. The molecule has 0 radical (unpaired) electrons. The number of benzene rings is 1. The van der Waals surface area contributed by atoms with Crippen molar-refractivity contribution in [1.29, 1.82) is 0 Å². The van der Waals surface area contributed by atoms with Crippen LogP contribution < -0.4 is 0 Å². The Labute approximate surface area is 137 Å². The van der Waals surface area contributed by atoms with Gasteiger partial charge >= 0.3 is 0 Å². The second-order valence-corrected chi connectivity index (χ2v) is 6.48. The molecule has 23 heavy (non-hydrogen) atoms. The van der Waals surface area contributed by atoms with E-state index in [-0.39, 0.29) is 31.1 Å². The van der Waals surface area contributed by atoms with Crippen molar-refractivity contribution in [3.05, 3.63) is 35.9 Å². The normalized spacial score (nSPS) is 21.9. The van der Waals surface area contributed by atoms with Crippen molar-refractivity contribution in [1.82, 2.24) is 9.80 Å². The molecule has 1 aromatic carbocycles. The predicted octanol–water partition coefficient (Wildman–Crippen LogP) is 3.54. The van der Waals surface area contributed by atoms with Gasteiger partial charge in [-0.15, -0.1) is 0 Å². The van der Waals surface area contributed by atoms with E-state index in [1.165, 1.54) is 0 Å². The number of carbonyl (C=O) groups is 1. The van der Waals surface area contributed by atoms with Crippen molar-refractivity contribution < 1.29 is 13.6 Å². The van der Waals surface area contributed by atoms with Crippen molar-refractivity contribution in [3.63, 3.8) is 0 Å². The van der Waals surface area contributed by atoms with Gasteiger partial charge in [0.2, 0.25) is 5.91 Å². The fourth-order valence-corrected chi connectivity index (χ4v) is 3.41. The summed E-state index contributed by atoms with van der Waals surface area (Å²) in [5.74, 6) is -0.0405. The topological polar surface area (TPSA) is 23.6 Å². The first-order valence-electron chi connectivity index (χ1n) is 8.33. The Hall–Kier alpha value is -1.49. The van der Waals surface area contributed by atoms with E-state index in [4.69, 9.17) is 0 Å². The standard InChI is InChI=1S/C18H26F2N2O/c1-14-7-6-8-15(2)22(14)18(23)13-21(12-17(19)20)11-16-9-4-3-5-10-16/h3-5,9-10,14-15,17H,6-8,11-13H2,1-2H3/t14-,15-/m0/s1. The molecule has 1 amide bonds. The molecule has 128 valence electrons. The van der Waals surface area contributed by atoms with Gasteiger partial charge < -0.3 is 4.90 Å². The molecule has 2 atom stereocenters. The quantitative estimate of drug-likeness (QED) is 0.799. The molecule has 0 N–H and O–H groups in total. The summed E-state index contributed by atoms with van der Waals surface area (Å²) in [7, 11) is 0. The van der Waals surface area contributed by atoms with Gasteiger partial charge in [0, 0.05) is 18.6 Å². The molecule has 0 saturated carbocycles. The van der Waals surface area contributed by atoms with E-state index in [2.05, 4.69) is 0 Å². The highest BCUT2D eigenvalue weighted by molar-refractivity contribution is 5.79. The summed E-state index contributed by atoms with van der Waals surface area (Å²) < 4.78 is 25.7. The van der Waals surface area contributed by atoms with Gasteiger partial charge in [0.25, 0.3) is 6.43 Å². The van der Waals surface area contributed by atoms with Crippen LogP contribution in [0.2, 0.25) is 0 Å². The SMILES string of the molecule is C[C@H]1CCC[C@H](C)N1C(=O)CN(Cc1ccccc1)CC(F)F. The molecule has 1 fully saturated rings. The lowest BCUT2D eigenvalue weighted by Crippen LogP contribution is -2.51. The lowest BCUT2D eigenvalue weighted by Gasteiger charge is -2.40. The van der Waals surface area contributed by atoms with Crippen LogP contribution in [0.3, 0.4) is 0 Å². The number of hydrogen-bond donors (Lipinski definition) is 0. The molecular weight excluding hydrogens is 298 g/mol. The second kappa shape index (κ2) is 8.39. The summed E-state index contributed by atoms with van der Waals surface area (Å²) >= 11 is 0. The van der Waals surface area contributed by atoms with Gasteiger partial charge in [-0.25, -0.2) is 8.78 Å². The molecule has 1 aliphatic rings.